The summed E-state index contributed by atoms with van der Waals surface area (Å²) in [5.74, 6) is -0.687. The van der Waals surface area contributed by atoms with Gasteiger partial charge in [-0.25, -0.2) is 9.59 Å². The molecule has 0 spiro atoms. The highest BCUT2D eigenvalue weighted by Gasteiger charge is 2.40. The minimum Gasteiger partial charge on any atom is -0.464 e. The summed E-state index contributed by atoms with van der Waals surface area (Å²) in [7, 11) is 0. The van der Waals surface area contributed by atoms with Gasteiger partial charge in [0.25, 0.3) is 0 Å². The fourth-order valence-electron chi connectivity index (χ4n) is 1.74. The number of esters is 1. The van der Waals surface area contributed by atoms with Gasteiger partial charge in [0.1, 0.15) is 18.3 Å². The van der Waals surface area contributed by atoms with Crippen molar-refractivity contribution in [1.82, 2.24) is 4.90 Å². The molecule has 1 fully saturated rings. The molecule has 1 aliphatic heterocycles. The molecule has 0 saturated carbocycles. The van der Waals surface area contributed by atoms with Gasteiger partial charge in [-0.3, -0.25) is 4.90 Å². The van der Waals surface area contributed by atoms with Gasteiger partial charge in [-0.05, 0) is 27.7 Å². The third-order valence-electron chi connectivity index (χ3n) is 2.50. The molecule has 1 N–H and O–H groups in total. The summed E-state index contributed by atoms with van der Waals surface area (Å²) in [6, 6.07) is -1.16. The first-order chi connectivity index (χ1) is 9.26. The molecule has 0 aromatic heterocycles. The van der Waals surface area contributed by atoms with E-state index in [1.807, 2.05) is 0 Å². The number of aliphatic hydroxyl groups is 1. The lowest BCUT2D eigenvalue weighted by Gasteiger charge is -2.31. The summed E-state index contributed by atoms with van der Waals surface area (Å²) in [6.07, 6.45) is -1.95. The lowest BCUT2D eigenvalue weighted by Crippen LogP contribution is -2.53. The number of hydrogen-bond acceptors (Lipinski definition) is 6. The zero-order valence-corrected chi connectivity index (χ0v) is 12.3. The fourth-order valence-corrected chi connectivity index (χ4v) is 1.74. The van der Waals surface area contributed by atoms with Gasteiger partial charge in [0.2, 0.25) is 0 Å². The molecule has 7 nitrogen and oxygen atoms in total. The zero-order valence-electron chi connectivity index (χ0n) is 12.3. The van der Waals surface area contributed by atoms with E-state index in [4.69, 9.17) is 14.2 Å². The van der Waals surface area contributed by atoms with Gasteiger partial charge in [-0.15, -0.1) is 0 Å². The molecular weight excluding hydrogens is 266 g/mol. The highest BCUT2D eigenvalue weighted by atomic mass is 16.6. The van der Waals surface area contributed by atoms with Gasteiger partial charge >= 0.3 is 12.1 Å². The number of carbonyl (C=O) groups is 2. The van der Waals surface area contributed by atoms with Crippen molar-refractivity contribution in [2.24, 2.45) is 0 Å². The van der Waals surface area contributed by atoms with Crippen molar-refractivity contribution < 1.29 is 28.9 Å². The Morgan fingerprint density at radius 1 is 1.45 bits per heavy atom. The first kappa shape index (κ1) is 16.7. The summed E-state index contributed by atoms with van der Waals surface area (Å²) in [5, 5.41) is 9.93. The van der Waals surface area contributed by atoms with E-state index in [1.54, 1.807) is 27.7 Å². The molecule has 1 rings (SSSR count). The molecular formula is C13H22NO6. The first-order valence-electron chi connectivity index (χ1n) is 6.55. The van der Waals surface area contributed by atoms with E-state index in [1.165, 1.54) is 0 Å². The number of hydrogen-bond donors (Lipinski definition) is 1. The summed E-state index contributed by atoms with van der Waals surface area (Å²) < 4.78 is 15.2. The monoisotopic (exact) mass is 288 g/mol. The smallest absolute Gasteiger partial charge is 0.411 e. The van der Waals surface area contributed by atoms with Crippen LogP contribution in [0.15, 0.2) is 0 Å². The van der Waals surface area contributed by atoms with E-state index >= 15 is 0 Å². The highest BCUT2D eigenvalue weighted by Crippen LogP contribution is 2.18. The van der Waals surface area contributed by atoms with Gasteiger partial charge < -0.3 is 19.3 Å². The van der Waals surface area contributed by atoms with Crippen LogP contribution in [0.3, 0.4) is 0 Å². The maximum absolute atomic E-state index is 12.1. The summed E-state index contributed by atoms with van der Waals surface area (Å²) in [4.78, 5) is 25.2. The Morgan fingerprint density at radius 2 is 2.10 bits per heavy atom. The Kier molecular flexibility index (Phi) is 5.76. The summed E-state index contributed by atoms with van der Waals surface area (Å²) >= 11 is 0. The molecule has 0 aliphatic carbocycles. The number of amides is 1. The predicted octanol–water partition coefficient (Wildman–Crippen LogP) is 0.708. The van der Waals surface area contributed by atoms with Crippen molar-refractivity contribution in [2.45, 2.75) is 45.4 Å². The molecule has 0 aromatic rings. The molecule has 1 radical (unpaired) electrons. The molecule has 2 atom stereocenters. The van der Waals surface area contributed by atoms with Gasteiger partial charge in [-0.2, -0.15) is 0 Å². The summed E-state index contributed by atoms with van der Waals surface area (Å²) in [5.41, 5.74) is -0.696. The van der Waals surface area contributed by atoms with E-state index in [0.717, 1.165) is 11.5 Å². The lowest BCUT2D eigenvalue weighted by molar-refractivity contribution is -0.152. The Bertz CT molecular complexity index is 351. The van der Waals surface area contributed by atoms with Crippen LogP contribution in [-0.2, 0) is 19.0 Å². The van der Waals surface area contributed by atoms with E-state index in [-0.39, 0.29) is 19.8 Å². The molecule has 1 heterocycles. The van der Waals surface area contributed by atoms with Gasteiger partial charge in [0, 0.05) is 6.54 Å². The van der Waals surface area contributed by atoms with E-state index in [9.17, 15) is 14.7 Å². The van der Waals surface area contributed by atoms with Crippen LogP contribution in [0.4, 0.5) is 4.79 Å². The third-order valence-corrected chi connectivity index (χ3v) is 2.50. The Labute approximate surface area is 118 Å². The Morgan fingerprint density at radius 3 is 2.65 bits per heavy atom. The number of aliphatic hydroxyl groups excluding tert-OH is 1. The van der Waals surface area contributed by atoms with Crippen molar-refractivity contribution in [3.8, 4) is 0 Å². The Balaban J connectivity index is 2.91. The normalized spacial score (nSPS) is 23.9. The van der Waals surface area contributed by atoms with Crippen LogP contribution in [0, 0.1) is 6.61 Å². The molecule has 1 amide bonds. The standard InChI is InChI=1S/C13H22NO6/c1-5-19-11(16)10-9(15)8-18-7-6-14(10)12(17)20-13(2,3)4/h8-10,15H,5-7H2,1-4H3. The average Bonchev–Trinajstić information content (AvgIpc) is 2.49. The lowest BCUT2D eigenvalue weighted by atomic mass is 10.1. The van der Waals surface area contributed by atoms with Crippen LogP contribution in [0.1, 0.15) is 27.7 Å². The largest absolute Gasteiger partial charge is 0.464 e. The number of nitrogens with zero attached hydrogens (tertiary/aromatic N) is 1. The number of ether oxygens (including phenoxy) is 3. The number of carbonyl (C=O) groups excluding carboxylic acids is 2. The second-order valence-corrected chi connectivity index (χ2v) is 5.37. The second-order valence-electron chi connectivity index (χ2n) is 5.37. The highest BCUT2D eigenvalue weighted by molar-refractivity contribution is 5.82. The molecule has 0 bridgehead atoms. The predicted molar refractivity (Wildman–Crippen MR) is 69.6 cm³/mol. The van der Waals surface area contributed by atoms with Crippen molar-refractivity contribution in [2.75, 3.05) is 19.8 Å². The number of rotatable bonds is 2. The van der Waals surface area contributed by atoms with Crippen LogP contribution in [0.25, 0.3) is 0 Å². The maximum Gasteiger partial charge on any atom is 0.411 e. The quantitative estimate of drug-likeness (QED) is 0.753. The fraction of sp³-hybridized carbons (Fsp3) is 0.769. The minimum atomic E-state index is -1.26. The van der Waals surface area contributed by atoms with Crippen molar-refractivity contribution in [3.63, 3.8) is 0 Å². The van der Waals surface area contributed by atoms with Gasteiger partial charge in [-0.1, -0.05) is 0 Å². The van der Waals surface area contributed by atoms with E-state index in [2.05, 4.69) is 0 Å². The van der Waals surface area contributed by atoms with Crippen molar-refractivity contribution >= 4 is 12.1 Å². The molecule has 7 heteroatoms. The van der Waals surface area contributed by atoms with Gasteiger partial charge in [0.05, 0.1) is 13.2 Å². The van der Waals surface area contributed by atoms with Crippen LogP contribution in [0.5, 0.6) is 0 Å². The molecule has 1 saturated heterocycles. The zero-order chi connectivity index (χ0) is 15.3. The molecule has 115 valence electrons. The van der Waals surface area contributed by atoms with Crippen LogP contribution in [0.2, 0.25) is 0 Å². The molecule has 2 unspecified atom stereocenters. The van der Waals surface area contributed by atoms with Crippen LogP contribution in [-0.4, -0.2) is 59.6 Å². The van der Waals surface area contributed by atoms with Crippen molar-refractivity contribution in [3.05, 3.63) is 6.61 Å². The molecule has 20 heavy (non-hydrogen) atoms. The molecule has 1 aliphatic rings. The van der Waals surface area contributed by atoms with Crippen molar-refractivity contribution in [1.29, 1.82) is 0 Å². The topological polar surface area (TPSA) is 85.3 Å². The average molecular weight is 288 g/mol. The van der Waals surface area contributed by atoms with Crippen LogP contribution < -0.4 is 0 Å². The van der Waals surface area contributed by atoms with Gasteiger partial charge in [0.15, 0.2) is 6.04 Å². The summed E-state index contributed by atoms with van der Waals surface area (Å²) in [6.45, 7) is 8.41. The third kappa shape index (κ3) is 4.64. The van der Waals surface area contributed by atoms with Crippen LogP contribution >= 0.6 is 0 Å². The SMILES string of the molecule is CCOC(=O)C1C(O)[CH]OCCN1C(=O)OC(C)(C)C. The minimum absolute atomic E-state index is 0.131. The Hall–Kier alpha value is -1.34. The molecule has 0 aromatic carbocycles. The van der Waals surface area contributed by atoms with E-state index < -0.39 is 29.8 Å². The first-order valence-corrected chi connectivity index (χ1v) is 6.55. The maximum atomic E-state index is 12.1. The van der Waals surface area contributed by atoms with E-state index in [0.29, 0.717) is 0 Å². The second kappa shape index (κ2) is 6.90.